The van der Waals surface area contributed by atoms with Gasteiger partial charge in [0.05, 0.1) is 19.3 Å². The van der Waals surface area contributed by atoms with Crippen LogP contribution in [0.5, 0.6) is 0 Å². The second-order valence-corrected chi connectivity index (χ2v) is 7.10. The molecule has 144 valence electrons. The van der Waals surface area contributed by atoms with Gasteiger partial charge in [-0.3, -0.25) is 9.48 Å². The second kappa shape index (κ2) is 9.71. The summed E-state index contributed by atoms with van der Waals surface area (Å²) < 4.78 is 8.54. The molecule has 0 spiro atoms. The molecule has 1 aliphatic heterocycles. The molecular weight excluding hydrogens is 443 g/mol. The molecule has 0 radical (unpaired) electrons. The number of carbonyl (C=O) groups excluding carboxylic acids is 1. The highest BCUT2D eigenvalue weighted by Gasteiger charge is 2.36. The Bertz CT molecular complexity index is 695. The molecular formula is C17H23BrCl2N4O2. The SMILES string of the molecule is CC(N)(C(=O)N1CCOC(Cn2cccn2)C1)c1ccc(Br)cc1.Cl.Cl. The van der Waals surface area contributed by atoms with Gasteiger partial charge in [0, 0.05) is 30.0 Å². The van der Waals surface area contributed by atoms with Crippen LogP contribution in [-0.2, 0) is 21.6 Å². The van der Waals surface area contributed by atoms with Crippen LogP contribution in [0.25, 0.3) is 0 Å². The zero-order chi connectivity index (χ0) is 17.2. The number of aromatic nitrogens is 2. The fraction of sp³-hybridized carbons (Fsp3) is 0.412. The molecule has 0 saturated carbocycles. The molecule has 2 atom stereocenters. The van der Waals surface area contributed by atoms with Crippen LogP contribution in [0.15, 0.2) is 47.2 Å². The number of benzene rings is 1. The lowest BCUT2D eigenvalue weighted by Crippen LogP contribution is -2.56. The number of halogens is 3. The van der Waals surface area contributed by atoms with E-state index in [1.54, 1.807) is 18.0 Å². The number of carbonyl (C=O) groups is 1. The summed E-state index contributed by atoms with van der Waals surface area (Å²) >= 11 is 3.40. The van der Waals surface area contributed by atoms with Gasteiger partial charge in [-0.15, -0.1) is 24.8 Å². The summed E-state index contributed by atoms with van der Waals surface area (Å²) in [6.07, 6.45) is 3.54. The molecule has 2 aromatic rings. The molecule has 1 aromatic heterocycles. The first kappa shape index (κ1) is 22.9. The number of hydrogen-bond acceptors (Lipinski definition) is 4. The Morgan fingerprint density at radius 3 is 2.69 bits per heavy atom. The fourth-order valence-corrected chi connectivity index (χ4v) is 3.14. The highest BCUT2D eigenvalue weighted by molar-refractivity contribution is 9.10. The van der Waals surface area contributed by atoms with Crippen LogP contribution in [0.4, 0.5) is 0 Å². The van der Waals surface area contributed by atoms with E-state index >= 15 is 0 Å². The summed E-state index contributed by atoms with van der Waals surface area (Å²) in [7, 11) is 0. The Kier molecular flexibility index (Phi) is 8.56. The quantitative estimate of drug-likeness (QED) is 0.753. The van der Waals surface area contributed by atoms with Crippen molar-refractivity contribution in [2.24, 2.45) is 5.73 Å². The van der Waals surface area contributed by atoms with E-state index in [0.717, 1.165) is 10.0 Å². The Balaban J connectivity index is 0.00000169. The monoisotopic (exact) mass is 464 g/mol. The van der Waals surface area contributed by atoms with Crippen LogP contribution in [0, 0.1) is 0 Å². The van der Waals surface area contributed by atoms with Gasteiger partial charge < -0.3 is 15.4 Å². The Labute approximate surface area is 174 Å². The minimum atomic E-state index is -1.06. The van der Waals surface area contributed by atoms with Gasteiger partial charge in [0.15, 0.2) is 0 Å². The van der Waals surface area contributed by atoms with E-state index in [0.29, 0.717) is 26.2 Å². The molecule has 26 heavy (non-hydrogen) atoms. The normalized spacial score (nSPS) is 19.0. The summed E-state index contributed by atoms with van der Waals surface area (Å²) in [4.78, 5) is 14.8. The number of amides is 1. The highest BCUT2D eigenvalue weighted by atomic mass is 79.9. The van der Waals surface area contributed by atoms with E-state index in [2.05, 4.69) is 21.0 Å². The van der Waals surface area contributed by atoms with Crippen LogP contribution in [0.3, 0.4) is 0 Å². The Morgan fingerprint density at radius 1 is 1.38 bits per heavy atom. The van der Waals surface area contributed by atoms with Crippen molar-refractivity contribution in [1.82, 2.24) is 14.7 Å². The van der Waals surface area contributed by atoms with Crippen molar-refractivity contribution in [1.29, 1.82) is 0 Å². The lowest BCUT2D eigenvalue weighted by Gasteiger charge is -2.37. The van der Waals surface area contributed by atoms with Crippen molar-refractivity contribution >= 4 is 46.7 Å². The number of hydrogen-bond donors (Lipinski definition) is 1. The van der Waals surface area contributed by atoms with Crippen molar-refractivity contribution in [3.05, 3.63) is 52.8 Å². The summed E-state index contributed by atoms with van der Waals surface area (Å²) in [6.45, 7) is 3.96. The average molecular weight is 466 g/mol. The highest BCUT2D eigenvalue weighted by Crippen LogP contribution is 2.24. The van der Waals surface area contributed by atoms with Crippen LogP contribution in [0.1, 0.15) is 12.5 Å². The van der Waals surface area contributed by atoms with Gasteiger partial charge >= 0.3 is 0 Å². The van der Waals surface area contributed by atoms with Gasteiger partial charge in [-0.25, -0.2) is 0 Å². The maximum atomic E-state index is 13.0. The van der Waals surface area contributed by atoms with Crippen molar-refractivity contribution in [2.75, 3.05) is 19.7 Å². The minimum absolute atomic E-state index is 0. The number of rotatable bonds is 4. The van der Waals surface area contributed by atoms with Gasteiger partial charge in [0.2, 0.25) is 5.91 Å². The maximum absolute atomic E-state index is 13.0. The van der Waals surface area contributed by atoms with Crippen LogP contribution in [-0.4, -0.2) is 46.4 Å². The molecule has 1 aromatic carbocycles. The Morgan fingerprint density at radius 2 is 2.08 bits per heavy atom. The minimum Gasteiger partial charge on any atom is -0.373 e. The molecule has 1 amide bonds. The third kappa shape index (κ3) is 5.20. The summed E-state index contributed by atoms with van der Waals surface area (Å²) in [6, 6.07) is 9.42. The predicted molar refractivity (Wildman–Crippen MR) is 109 cm³/mol. The van der Waals surface area contributed by atoms with E-state index in [1.165, 1.54) is 0 Å². The van der Waals surface area contributed by atoms with Gasteiger partial charge in [0.25, 0.3) is 0 Å². The molecule has 9 heteroatoms. The second-order valence-electron chi connectivity index (χ2n) is 6.18. The first-order chi connectivity index (χ1) is 11.5. The maximum Gasteiger partial charge on any atom is 0.247 e. The lowest BCUT2D eigenvalue weighted by atomic mass is 9.91. The van der Waals surface area contributed by atoms with Gasteiger partial charge in [-0.2, -0.15) is 5.10 Å². The molecule has 3 rings (SSSR count). The number of morpholine rings is 1. The van der Waals surface area contributed by atoms with Crippen LogP contribution in [0.2, 0.25) is 0 Å². The lowest BCUT2D eigenvalue weighted by molar-refractivity contribution is -0.145. The van der Waals surface area contributed by atoms with Crippen molar-refractivity contribution < 1.29 is 9.53 Å². The van der Waals surface area contributed by atoms with E-state index in [4.69, 9.17) is 10.5 Å². The number of nitrogens with zero attached hydrogens (tertiary/aromatic N) is 3. The molecule has 6 nitrogen and oxygen atoms in total. The first-order valence-corrected chi connectivity index (χ1v) is 8.69. The molecule has 1 aliphatic rings. The number of ether oxygens (including phenoxy) is 1. The van der Waals surface area contributed by atoms with Crippen molar-refractivity contribution in [2.45, 2.75) is 25.1 Å². The van der Waals surface area contributed by atoms with E-state index in [1.807, 2.05) is 41.2 Å². The standard InChI is InChI=1S/C17H21BrN4O2.2ClH/c1-17(19,13-3-5-14(18)6-4-13)16(23)21-9-10-24-15(11-21)12-22-8-2-7-20-22;;/h2-8,15H,9-12,19H2,1H3;2*1H. The largest absolute Gasteiger partial charge is 0.373 e. The zero-order valence-electron chi connectivity index (χ0n) is 14.4. The van der Waals surface area contributed by atoms with Crippen molar-refractivity contribution in [3.8, 4) is 0 Å². The first-order valence-electron chi connectivity index (χ1n) is 7.90. The van der Waals surface area contributed by atoms with Gasteiger partial charge in [-0.05, 0) is 30.7 Å². The zero-order valence-corrected chi connectivity index (χ0v) is 17.6. The summed E-state index contributed by atoms with van der Waals surface area (Å²) in [5, 5.41) is 4.19. The third-order valence-corrected chi connectivity index (χ3v) is 4.79. The molecule has 2 unspecified atom stereocenters. The van der Waals surface area contributed by atoms with Gasteiger partial charge in [0.1, 0.15) is 5.54 Å². The third-order valence-electron chi connectivity index (χ3n) is 4.26. The summed E-state index contributed by atoms with van der Waals surface area (Å²) in [5.41, 5.74) is 6.11. The average Bonchev–Trinajstić information content (AvgIpc) is 3.08. The molecule has 0 aliphatic carbocycles. The predicted octanol–water partition coefficient (Wildman–Crippen LogP) is 2.59. The molecule has 1 fully saturated rings. The molecule has 2 N–H and O–H groups in total. The molecule has 2 heterocycles. The van der Waals surface area contributed by atoms with E-state index in [-0.39, 0.29) is 36.8 Å². The van der Waals surface area contributed by atoms with Gasteiger partial charge in [-0.1, -0.05) is 28.1 Å². The Hall–Kier alpha value is -1.12. The fourth-order valence-electron chi connectivity index (χ4n) is 2.88. The summed E-state index contributed by atoms with van der Waals surface area (Å²) in [5.74, 6) is -0.0846. The van der Waals surface area contributed by atoms with Crippen LogP contribution < -0.4 is 5.73 Å². The van der Waals surface area contributed by atoms with Crippen LogP contribution >= 0.6 is 40.7 Å². The topological polar surface area (TPSA) is 73.4 Å². The van der Waals surface area contributed by atoms with E-state index < -0.39 is 5.54 Å². The van der Waals surface area contributed by atoms with Crippen molar-refractivity contribution in [3.63, 3.8) is 0 Å². The smallest absolute Gasteiger partial charge is 0.247 e. The number of nitrogens with two attached hydrogens (primary N) is 1. The molecule has 0 bridgehead atoms. The van der Waals surface area contributed by atoms with E-state index in [9.17, 15) is 4.79 Å². The molecule has 1 saturated heterocycles.